The van der Waals surface area contributed by atoms with Crippen molar-refractivity contribution >= 4 is 17.2 Å². The van der Waals surface area contributed by atoms with Crippen LogP contribution in [0.4, 0.5) is 0 Å². The molecule has 22 heavy (non-hydrogen) atoms. The van der Waals surface area contributed by atoms with E-state index in [1.54, 1.807) is 0 Å². The fourth-order valence-electron chi connectivity index (χ4n) is 2.96. The number of hydrogen-bond acceptors (Lipinski definition) is 3. The first kappa shape index (κ1) is 15.3. The van der Waals surface area contributed by atoms with Crippen LogP contribution >= 0.6 is 11.3 Å². The van der Waals surface area contributed by atoms with E-state index in [4.69, 9.17) is 5.73 Å². The standard InChI is InChI=1S/C18H22N2OS/c1-12-2-4-13(5-3-12)16-10-11-22-17(16)18(21)20-15-8-6-14(19)7-9-15/h2-5,10-11,14-15H,6-9,19H2,1H3,(H,20,21). The molecule has 4 heteroatoms. The first-order valence-electron chi connectivity index (χ1n) is 7.84. The van der Waals surface area contributed by atoms with Crippen LogP contribution in [0.2, 0.25) is 0 Å². The van der Waals surface area contributed by atoms with Gasteiger partial charge in [0, 0.05) is 17.6 Å². The molecule has 3 nitrogen and oxygen atoms in total. The molecule has 0 spiro atoms. The SMILES string of the molecule is Cc1ccc(-c2ccsc2C(=O)NC2CCC(N)CC2)cc1. The second kappa shape index (κ2) is 6.63. The van der Waals surface area contributed by atoms with E-state index in [0.29, 0.717) is 6.04 Å². The molecule has 1 aliphatic carbocycles. The lowest BCUT2D eigenvalue weighted by Crippen LogP contribution is -2.40. The Morgan fingerprint density at radius 2 is 1.82 bits per heavy atom. The van der Waals surface area contributed by atoms with E-state index in [9.17, 15) is 4.79 Å². The topological polar surface area (TPSA) is 55.1 Å². The Balaban J connectivity index is 1.74. The molecule has 0 radical (unpaired) electrons. The Morgan fingerprint density at radius 3 is 2.50 bits per heavy atom. The Hall–Kier alpha value is -1.65. The molecule has 1 aliphatic rings. The van der Waals surface area contributed by atoms with Crippen molar-refractivity contribution in [1.82, 2.24) is 5.32 Å². The summed E-state index contributed by atoms with van der Waals surface area (Å²) in [7, 11) is 0. The van der Waals surface area contributed by atoms with Gasteiger partial charge in [-0.2, -0.15) is 0 Å². The van der Waals surface area contributed by atoms with Gasteiger partial charge in [-0.25, -0.2) is 0 Å². The van der Waals surface area contributed by atoms with Crippen LogP contribution in [0.25, 0.3) is 11.1 Å². The summed E-state index contributed by atoms with van der Waals surface area (Å²) in [4.78, 5) is 13.4. The van der Waals surface area contributed by atoms with Gasteiger partial charge in [0.05, 0.1) is 4.88 Å². The van der Waals surface area contributed by atoms with Gasteiger partial charge < -0.3 is 11.1 Å². The summed E-state index contributed by atoms with van der Waals surface area (Å²) in [5.74, 6) is 0.0473. The molecule has 1 aromatic carbocycles. The van der Waals surface area contributed by atoms with Crippen LogP contribution in [-0.4, -0.2) is 18.0 Å². The van der Waals surface area contributed by atoms with E-state index < -0.39 is 0 Å². The van der Waals surface area contributed by atoms with Crippen molar-refractivity contribution < 1.29 is 4.79 Å². The molecule has 1 heterocycles. The van der Waals surface area contributed by atoms with Crippen molar-refractivity contribution in [3.63, 3.8) is 0 Å². The van der Waals surface area contributed by atoms with E-state index in [-0.39, 0.29) is 11.9 Å². The average molecular weight is 314 g/mol. The summed E-state index contributed by atoms with van der Waals surface area (Å²) >= 11 is 1.51. The molecule has 3 N–H and O–H groups in total. The highest BCUT2D eigenvalue weighted by atomic mass is 32.1. The quantitative estimate of drug-likeness (QED) is 0.907. The van der Waals surface area contributed by atoms with Gasteiger partial charge in [-0.15, -0.1) is 11.3 Å². The minimum atomic E-state index is 0.0473. The van der Waals surface area contributed by atoms with Crippen LogP contribution in [-0.2, 0) is 0 Å². The van der Waals surface area contributed by atoms with Crippen LogP contribution in [0.5, 0.6) is 0 Å². The number of aryl methyl sites for hydroxylation is 1. The number of benzene rings is 1. The fraction of sp³-hybridized carbons (Fsp3) is 0.389. The van der Waals surface area contributed by atoms with Gasteiger partial charge in [0.15, 0.2) is 0 Å². The number of thiophene rings is 1. The van der Waals surface area contributed by atoms with Crippen molar-refractivity contribution in [2.24, 2.45) is 5.73 Å². The van der Waals surface area contributed by atoms with Crippen LogP contribution in [0, 0.1) is 6.92 Å². The molecule has 2 aromatic rings. The predicted octanol–water partition coefficient (Wildman–Crippen LogP) is 3.72. The number of amides is 1. The lowest BCUT2D eigenvalue weighted by atomic mass is 9.92. The molecule has 1 saturated carbocycles. The molecule has 1 amide bonds. The lowest BCUT2D eigenvalue weighted by molar-refractivity contribution is 0.0930. The molecule has 0 atom stereocenters. The predicted molar refractivity (Wildman–Crippen MR) is 92.2 cm³/mol. The van der Waals surface area contributed by atoms with Gasteiger partial charge in [0.1, 0.15) is 0 Å². The summed E-state index contributed by atoms with van der Waals surface area (Å²) in [5.41, 5.74) is 9.27. The molecule has 3 rings (SSSR count). The molecule has 1 fully saturated rings. The number of nitrogens with two attached hydrogens (primary N) is 1. The number of nitrogens with one attached hydrogen (secondary N) is 1. The molecule has 0 saturated heterocycles. The smallest absolute Gasteiger partial charge is 0.262 e. The normalized spacial score (nSPS) is 21.5. The third kappa shape index (κ3) is 3.39. The first-order chi connectivity index (χ1) is 10.6. The highest BCUT2D eigenvalue weighted by Crippen LogP contribution is 2.29. The molecule has 0 unspecified atom stereocenters. The van der Waals surface area contributed by atoms with Crippen LogP contribution < -0.4 is 11.1 Å². The monoisotopic (exact) mass is 314 g/mol. The fourth-order valence-corrected chi connectivity index (χ4v) is 3.78. The molecular formula is C18H22N2OS. The minimum Gasteiger partial charge on any atom is -0.349 e. The largest absolute Gasteiger partial charge is 0.349 e. The number of carbonyl (C=O) groups excluding carboxylic acids is 1. The van der Waals surface area contributed by atoms with E-state index in [1.165, 1.54) is 16.9 Å². The van der Waals surface area contributed by atoms with Gasteiger partial charge in [-0.05, 0) is 49.6 Å². The van der Waals surface area contributed by atoms with Crippen LogP contribution in [0.15, 0.2) is 35.7 Å². The maximum atomic E-state index is 12.6. The van der Waals surface area contributed by atoms with Gasteiger partial charge in [0.25, 0.3) is 5.91 Å². The third-order valence-electron chi connectivity index (χ3n) is 4.34. The second-order valence-electron chi connectivity index (χ2n) is 6.11. The van der Waals surface area contributed by atoms with E-state index in [0.717, 1.165) is 41.7 Å². The summed E-state index contributed by atoms with van der Waals surface area (Å²) in [5, 5.41) is 5.17. The number of carbonyl (C=O) groups is 1. The number of rotatable bonds is 3. The highest BCUT2D eigenvalue weighted by molar-refractivity contribution is 7.12. The minimum absolute atomic E-state index is 0.0473. The Bertz CT molecular complexity index is 639. The molecular weight excluding hydrogens is 292 g/mol. The van der Waals surface area contributed by atoms with Gasteiger partial charge in [-0.3, -0.25) is 4.79 Å². The maximum absolute atomic E-state index is 12.6. The molecule has 1 aromatic heterocycles. The van der Waals surface area contributed by atoms with E-state index >= 15 is 0 Å². The maximum Gasteiger partial charge on any atom is 0.262 e. The Kier molecular flexibility index (Phi) is 4.60. The average Bonchev–Trinajstić information content (AvgIpc) is 3.00. The van der Waals surface area contributed by atoms with E-state index in [2.05, 4.69) is 36.5 Å². The summed E-state index contributed by atoms with van der Waals surface area (Å²) in [6.07, 6.45) is 3.97. The third-order valence-corrected chi connectivity index (χ3v) is 5.25. The zero-order valence-electron chi connectivity index (χ0n) is 12.8. The lowest BCUT2D eigenvalue weighted by Gasteiger charge is -2.26. The second-order valence-corrected chi connectivity index (χ2v) is 7.03. The Labute approximate surface area is 135 Å². The summed E-state index contributed by atoms with van der Waals surface area (Å²) < 4.78 is 0. The Morgan fingerprint density at radius 1 is 1.14 bits per heavy atom. The van der Waals surface area contributed by atoms with E-state index in [1.807, 2.05) is 11.4 Å². The molecule has 116 valence electrons. The summed E-state index contributed by atoms with van der Waals surface area (Å²) in [6.45, 7) is 2.07. The highest BCUT2D eigenvalue weighted by Gasteiger charge is 2.22. The number of hydrogen-bond donors (Lipinski definition) is 2. The summed E-state index contributed by atoms with van der Waals surface area (Å²) in [6, 6.07) is 10.9. The zero-order valence-corrected chi connectivity index (χ0v) is 13.7. The van der Waals surface area contributed by atoms with Gasteiger partial charge >= 0.3 is 0 Å². The zero-order chi connectivity index (χ0) is 15.5. The van der Waals surface area contributed by atoms with Crippen molar-refractivity contribution in [2.45, 2.75) is 44.7 Å². The molecule has 0 aliphatic heterocycles. The van der Waals surface area contributed by atoms with Crippen molar-refractivity contribution in [2.75, 3.05) is 0 Å². The van der Waals surface area contributed by atoms with Crippen molar-refractivity contribution in [3.05, 3.63) is 46.2 Å². The van der Waals surface area contributed by atoms with Crippen molar-refractivity contribution in [1.29, 1.82) is 0 Å². The van der Waals surface area contributed by atoms with Gasteiger partial charge in [-0.1, -0.05) is 29.8 Å². The van der Waals surface area contributed by atoms with Crippen molar-refractivity contribution in [3.8, 4) is 11.1 Å². The van der Waals surface area contributed by atoms with Gasteiger partial charge in [0.2, 0.25) is 0 Å². The van der Waals surface area contributed by atoms with Crippen LogP contribution in [0.1, 0.15) is 40.9 Å². The van der Waals surface area contributed by atoms with Crippen LogP contribution in [0.3, 0.4) is 0 Å². The molecule has 0 bridgehead atoms. The first-order valence-corrected chi connectivity index (χ1v) is 8.72.